The van der Waals surface area contributed by atoms with Crippen molar-refractivity contribution in [1.29, 1.82) is 0 Å². The topological polar surface area (TPSA) is 86.7 Å². The molecule has 2 aromatic carbocycles. The Balaban J connectivity index is 2.18. The van der Waals surface area contributed by atoms with Crippen molar-refractivity contribution in [3.8, 4) is 0 Å². The van der Waals surface area contributed by atoms with E-state index in [0.717, 1.165) is 5.56 Å². The van der Waals surface area contributed by atoms with Crippen LogP contribution < -0.4 is 5.32 Å². The molecule has 0 saturated carbocycles. The maximum atomic E-state index is 12.7. The van der Waals surface area contributed by atoms with Crippen LogP contribution in [0.15, 0.2) is 47.4 Å². The smallest absolute Gasteiger partial charge is 0.322 e. The summed E-state index contributed by atoms with van der Waals surface area (Å²) in [7, 11) is -3.37. The Morgan fingerprint density at radius 1 is 1.14 bits per heavy atom. The normalized spacial score (nSPS) is 11.3. The van der Waals surface area contributed by atoms with Gasteiger partial charge in [-0.3, -0.25) is 0 Å². The lowest BCUT2D eigenvalue weighted by atomic mass is 10.2. The van der Waals surface area contributed by atoms with Crippen LogP contribution in [-0.4, -0.2) is 43.4 Å². The fourth-order valence-electron chi connectivity index (χ4n) is 2.51. The van der Waals surface area contributed by atoms with Crippen molar-refractivity contribution in [2.75, 3.05) is 24.2 Å². The number of urea groups is 1. The molecule has 2 amide bonds. The van der Waals surface area contributed by atoms with Crippen LogP contribution in [0.25, 0.3) is 0 Å². The molecule has 2 N–H and O–H groups in total. The third-order valence-electron chi connectivity index (χ3n) is 4.06. The third kappa shape index (κ3) is 6.10. The Morgan fingerprint density at radius 2 is 1.89 bits per heavy atom. The van der Waals surface area contributed by atoms with E-state index >= 15 is 0 Å². The molecule has 0 aliphatic carbocycles. The maximum absolute atomic E-state index is 12.7. The number of hydrogen-bond acceptors (Lipinski definition) is 4. The van der Waals surface area contributed by atoms with Gasteiger partial charge in [0.05, 0.1) is 20.7 Å². The number of aliphatic hydroxyl groups excluding tert-OH is 1. The number of nitrogens with one attached hydrogen (secondary N) is 1. The van der Waals surface area contributed by atoms with Crippen molar-refractivity contribution in [1.82, 2.24) is 4.90 Å². The number of aliphatic hydroxyl groups is 1. The highest BCUT2D eigenvalue weighted by atomic mass is 35.5. The Morgan fingerprint density at radius 3 is 2.54 bits per heavy atom. The van der Waals surface area contributed by atoms with Crippen LogP contribution in [0.2, 0.25) is 10.0 Å². The summed E-state index contributed by atoms with van der Waals surface area (Å²) < 4.78 is 24.1. The number of anilines is 1. The van der Waals surface area contributed by atoms with Crippen molar-refractivity contribution >= 4 is 44.8 Å². The summed E-state index contributed by atoms with van der Waals surface area (Å²) in [6.07, 6.45) is 0.402. The van der Waals surface area contributed by atoms with E-state index in [2.05, 4.69) is 5.32 Å². The molecule has 0 radical (unpaired) electrons. The fraction of sp³-hybridized carbons (Fsp3) is 0.316. The minimum Gasteiger partial charge on any atom is -0.396 e. The second-order valence-corrected chi connectivity index (χ2v) is 9.20. The zero-order chi connectivity index (χ0) is 20.7. The van der Waals surface area contributed by atoms with Gasteiger partial charge in [-0.2, -0.15) is 0 Å². The van der Waals surface area contributed by atoms with Crippen molar-refractivity contribution in [2.24, 2.45) is 0 Å². The van der Waals surface area contributed by atoms with E-state index in [4.69, 9.17) is 28.3 Å². The van der Waals surface area contributed by atoms with E-state index in [1.165, 1.54) is 17.0 Å². The van der Waals surface area contributed by atoms with Gasteiger partial charge >= 0.3 is 6.03 Å². The molecular weight excluding hydrogens is 423 g/mol. The van der Waals surface area contributed by atoms with Gasteiger partial charge < -0.3 is 15.3 Å². The van der Waals surface area contributed by atoms with E-state index < -0.39 is 15.9 Å². The van der Waals surface area contributed by atoms with E-state index in [-0.39, 0.29) is 23.8 Å². The molecule has 0 atom stereocenters. The van der Waals surface area contributed by atoms with Crippen LogP contribution in [-0.2, 0) is 16.4 Å². The first-order chi connectivity index (χ1) is 13.3. The monoisotopic (exact) mass is 444 g/mol. The molecule has 2 rings (SSSR count). The van der Waals surface area contributed by atoms with Gasteiger partial charge in [0.15, 0.2) is 9.84 Å². The molecule has 0 saturated heterocycles. The lowest BCUT2D eigenvalue weighted by Gasteiger charge is -2.23. The summed E-state index contributed by atoms with van der Waals surface area (Å²) in [6, 6.07) is 10.8. The van der Waals surface area contributed by atoms with Gasteiger partial charge in [-0.05, 0) is 42.3 Å². The lowest BCUT2D eigenvalue weighted by Crippen LogP contribution is -2.35. The van der Waals surface area contributed by atoms with Crippen LogP contribution in [0.4, 0.5) is 10.5 Å². The number of halogens is 2. The van der Waals surface area contributed by atoms with E-state index in [1.54, 1.807) is 37.3 Å². The van der Waals surface area contributed by atoms with Gasteiger partial charge in [0.1, 0.15) is 0 Å². The summed E-state index contributed by atoms with van der Waals surface area (Å²) in [5.74, 6) is -0.0235. The SMILES string of the molecule is CCS(=O)(=O)c1cccc(NC(=O)N(CCCO)Cc2ccc(Cl)c(Cl)c2)c1. The summed E-state index contributed by atoms with van der Waals surface area (Å²) in [5, 5.41) is 12.6. The largest absolute Gasteiger partial charge is 0.396 e. The quantitative estimate of drug-likeness (QED) is 0.638. The van der Waals surface area contributed by atoms with Gasteiger partial charge in [-0.25, -0.2) is 13.2 Å². The first kappa shape index (κ1) is 22.5. The van der Waals surface area contributed by atoms with E-state index in [9.17, 15) is 13.2 Å². The molecule has 0 bridgehead atoms. The Bertz CT molecular complexity index is 935. The molecule has 0 spiro atoms. The predicted molar refractivity (Wildman–Crippen MR) is 112 cm³/mol. The summed E-state index contributed by atoms with van der Waals surface area (Å²) >= 11 is 12.0. The highest BCUT2D eigenvalue weighted by Gasteiger charge is 2.17. The Kier molecular flexibility index (Phi) is 8.12. The van der Waals surface area contributed by atoms with Gasteiger partial charge in [0.2, 0.25) is 0 Å². The van der Waals surface area contributed by atoms with Crippen molar-refractivity contribution < 1.29 is 18.3 Å². The number of benzene rings is 2. The van der Waals surface area contributed by atoms with Gasteiger partial charge in [-0.15, -0.1) is 0 Å². The average Bonchev–Trinajstić information content (AvgIpc) is 2.68. The second-order valence-electron chi connectivity index (χ2n) is 6.11. The first-order valence-electron chi connectivity index (χ1n) is 8.70. The molecule has 0 aromatic heterocycles. The molecule has 0 aliphatic heterocycles. The fourth-order valence-corrected chi connectivity index (χ4v) is 3.76. The molecule has 6 nitrogen and oxygen atoms in total. The van der Waals surface area contributed by atoms with Gasteiger partial charge in [0, 0.05) is 25.4 Å². The third-order valence-corrected chi connectivity index (χ3v) is 6.53. The number of sulfone groups is 1. The van der Waals surface area contributed by atoms with Crippen molar-refractivity contribution in [3.63, 3.8) is 0 Å². The molecule has 28 heavy (non-hydrogen) atoms. The number of rotatable bonds is 8. The van der Waals surface area contributed by atoms with Crippen LogP contribution in [0, 0.1) is 0 Å². The maximum Gasteiger partial charge on any atom is 0.322 e. The summed E-state index contributed by atoms with van der Waals surface area (Å²) in [6.45, 7) is 2.08. The first-order valence-corrected chi connectivity index (χ1v) is 11.1. The zero-order valence-electron chi connectivity index (χ0n) is 15.4. The zero-order valence-corrected chi connectivity index (χ0v) is 17.7. The van der Waals surface area contributed by atoms with Gasteiger partial charge in [-0.1, -0.05) is 42.3 Å². The number of nitrogens with zero attached hydrogens (tertiary/aromatic N) is 1. The van der Waals surface area contributed by atoms with Crippen LogP contribution in [0.3, 0.4) is 0 Å². The lowest BCUT2D eigenvalue weighted by molar-refractivity contribution is 0.199. The summed E-state index contributed by atoms with van der Waals surface area (Å²) in [4.78, 5) is 14.4. The molecule has 2 aromatic rings. The minimum atomic E-state index is -3.37. The highest BCUT2D eigenvalue weighted by molar-refractivity contribution is 7.91. The predicted octanol–water partition coefficient (Wildman–Crippen LogP) is 4.20. The molecule has 152 valence electrons. The minimum absolute atomic E-state index is 0.0235. The average molecular weight is 445 g/mol. The van der Waals surface area contributed by atoms with Crippen molar-refractivity contribution in [2.45, 2.75) is 24.8 Å². The Hall–Kier alpha value is -1.80. The van der Waals surface area contributed by atoms with Crippen LogP contribution >= 0.6 is 23.2 Å². The van der Waals surface area contributed by atoms with Crippen LogP contribution in [0.5, 0.6) is 0 Å². The molecule has 0 fully saturated rings. The number of amides is 2. The standard InChI is InChI=1S/C19H22Cl2N2O4S/c1-2-28(26,27)16-6-3-5-15(12-16)22-19(25)23(9-4-10-24)13-14-7-8-17(20)18(21)11-14/h3,5-8,11-12,24H,2,4,9-10,13H2,1H3,(H,22,25). The van der Waals surface area contributed by atoms with E-state index in [0.29, 0.717) is 28.7 Å². The van der Waals surface area contributed by atoms with Gasteiger partial charge in [0.25, 0.3) is 0 Å². The number of carbonyl (C=O) groups excluding carboxylic acids is 1. The molecule has 0 aliphatic rings. The number of carbonyl (C=O) groups is 1. The molecule has 0 heterocycles. The molecule has 0 unspecified atom stereocenters. The Labute approximate surface area is 175 Å². The van der Waals surface area contributed by atoms with Crippen LogP contribution in [0.1, 0.15) is 18.9 Å². The van der Waals surface area contributed by atoms with Crippen molar-refractivity contribution in [3.05, 3.63) is 58.1 Å². The van der Waals surface area contributed by atoms with E-state index in [1.807, 2.05) is 0 Å². The highest BCUT2D eigenvalue weighted by Crippen LogP contribution is 2.24. The number of hydrogen-bond donors (Lipinski definition) is 2. The summed E-state index contributed by atoms with van der Waals surface area (Å²) in [5.41, 5.74) is 1.16. The second kappa shape index (κ2) is 10.1. The molecular formula is C19H22Cl2N2O4S. The molecule has 9 heteroatoms.